The van der Waals surface area contributed by atoms with E-state index in [1.54, 1.807) is 12.3 Å². The molecule has 1 aliphatic carbocycles. The van der Waals surface area contributed by atoms with Crippen molar-refractivity contribution in [3.8, 4) is 0 Å². The van der Waals surface area contributed by atoms with Crippen LogP contribution in [-0.4, -0.2) is 16.4 Å². The Bertz CT molecular complexity index is 341. The molecular formula is C9H11BrN2O. The quantitative estimate of drug-likeness (QED) is 0.820. The topological polar surface area (TPSA) is 44.9 Å². The van der Waals surface area contributed by atoms with Crippen LogP contribution in [0.15, 0.2) is 16.7 Å². The number of aromatic nitrogens is 1. The lowest BCUT2D eigenvalue weighted by Crippen LogP contribution is -2.34. The van der Waals surface area contributed by atoms with E-state index in [0.29, 0.717) is 5.69 Å². The Hall–Kier alpha value is -0.770. The first kappa shape index (κ1) is 8.81. The molecule has 1 fully saturated rings. The summed E-state index contributed by atoms with van der Waals surface area (Å²) in [5.41, 5.74) is 0.661. The number of rotatable bonds is 2. The van der Waals surface area contributed by atoms with Crippen LogP contribution >= 0.6 is 15.9 Å². The Morgan fingerprint density at radius 1 is 1.69 bits per heavy atom. The molecule has 2 rings (SSSR count). The summed E-state index contributed by atoms with van der Waals surface area (Å²) in [6.07, 6.45) is 3.92. The molecule has 0 aromatic carbocycles. The maximum absolute atomic E-state index is 11.6. The predicted octanol–water partition coefficient (Wildman–Crippen LogP) is 2.06. The van der Waals surface area contributed by atoms with Gasteiger partial charge in [-0.15, -0.1) is 0 Å². The molecule has 0 saturated heterocycles. The van der Waals surface area contributed by atoms with Crippen molar-refractivity contribution in [2.75, 3.05) is 0 Å². The first-order chi connectivity index (χ1) is 6.09. The summed E-state index contributed by atoms with van der Waals surface area (Å²) in [7, 11) is 0. The van der Waals surface area contributed by atoms with Gasteiger partial charge in [-0.25, -0.2) is 0 Å². The number of hydrogen-bond acceptors (Lipinski definition) is 1. The van der Waals surface area contributed by atoms with Gasteiger partial charge in [0.25, 0.3) is 5.91 Å². The zero-order valence-electron chi connectivity index (χ0n) is 7.36. The van der Waals surface area contributed by atoms with Crippen LogP contribution in [0.1, 0.15) is 30.3 Å². The van der Waals surface area contributed by atoms with Crippen LogP contribution in [0.4, 0.5) is 0 Å². The Balaban J connectivity index is 2.05. The third kappa shape index (κ3) is 1.94. The fourth-order valence-electron chi connectivity index (χ4n) is 1.15. The van der Waals surface area contributed by atoms with Crippen LogP contribution < -0.4 is 5.32 Å². The summed E-state index contributed by atoms with van der Waals surface area (Å²) in [5.74, 6) is -0.0225. The molecule has 3 nitrogen and oxygen atoms in total. The molecule has 1 amide bonds. The highest BCUT2D eigenvalue weighted by Gasteiger charge is 2.38. The monoisotopic (exact) mass is 242 g/mol. The first-order valence-electron chi connectivity index (χ1n) is 4.25. The zero-order valence-corrected chi connectivity index (χ0v) is 8.94. The third-order valence-corrected chi connectivity index (χ3v) is 2.77. The number of halogens is 1. The first-order valence-corrected chi connectivity index (χ1v) is 5.05. The summed E-state index contributed by atoms with van der Waals surface area (Å²) in [5, 5.41) is 2.97. The molecule has 13 heavy (non-hydrogen) atoms. The lowest BCUT2D eigenvalue weighted by molar-refractivity contribution is 0.0931. The van der Waals surface area contributed by atoms with Crippen molar-refractivity contribution < 1.29 is 4.79 Å². The van der Waals surface area contributed by atoms with Crippen molar-refractivity contribution in [2.45, 2.75) is 25.3 Å². The summed E-state index contributed by atoms with van der Waals surface area (Å²) in [6.45, 7) is 2.06. The smallest absolute Gasteiger partial charge is 0.268 e. The standard InChI is InChI=1S/C9H11BrN2O/c1-9(2-3-9)12-8(13)7-4-6(10)5-11-7/h4-5,11H,2-3H2,1H3,(H,12,13). The minimum absolute atomic E-state index is 0.0225. The van der Waals surface area contributed by atoms with E-state index >= 15 is 0 Å². The molecule has 1 saturated carbocycles. The van der Waals surface area contributed by atoms with Crippen molar-refractivity contribution in [1.29, 1.82) is 0 Å². The van der Waals surface area contributed by atoms with Crippen molar-refractivity contribution in [1.82, 2.24) is 10.3 Å². The molecule has 0 bridgehead atoms. The van der Waals surface area contributed by atoms with E-state index < -0.39 is 0 Å². The van der Waals surface area contributed by atoms with Crippen LogP contribution in [0.25, 0.3) is 0 Å². The van der Waals surface area contributed by atoms with Gasteiger partial charge in [0.2, 0.25) is 0 Å². The highest BCUT2D eigenvalue weighted by Crippen LogP contribution is 2.34. The predicted molar refractivity (Wildman–Crippen MR) is 53.6 cm³/mol. The molecule has 0 atom stereocenters. The molecule has 4 heteroatoms. The molecule has 2 N–H and O–H groups in total. The average molecular weight is 243 g/mol. The van der Waals surface area contributed by atoms with Crippen molar-refractivity contribution in [2.24, 2.45) is 0 Å². The highest BCUT2D eigenvalue weighted by molar-refractivity contribution is 9.10. The molecule has 1 aliphatic rings. The van der Waals surface area contributed by atoms with Crippen molar-refractivity contribution in [3.05, 3.63) is 22.4 Å². The minimum Gasteiger partial charge on any atom is -0.356 e. The Kier molecular flexibility index (Phi) is 1.95. The van der Waals surface area contributed by atoms with Gasteiger partial charge in [-0.05, 0) is 41.8 Å². The zero-order chi connectivity index (χ0) is 9.47. The molecule has 70 valence electrons. The lowest BCUT2D eigenvalue weighted by atomic mass is 10.3. The summed E-state index contributed by atoms with van der Waals surface area (Å²) in [4.78, 5) is 14.4. The van der Waals surface area contributed by atoms with Gasteiger partial charge >= 0.3 is 0 Å². The number of amides is 1. The van der Waals surface area contributed by atoms with Crippen molar-refractivity contribution in [3.63, 3.8) is 0 Å². The minimum atomic E-state index is -0.0225. The van der Waals surface area contributed by atoms with E-state index in [1.165, 1.54) is 0 Å². The molecule has 1 aromatic heterocycles. The van der Waals surface area contributed by atoms with Crippen LogP contribution in [0.3, 0.4) is 0 Å². The van der Waals surface area contributed by atoms with Gasteiger partial charge in [0.15, 0.2) is 0 Å². The second-order valence-corrected chi connectivity index (χ2v) is 4.66. The van der Waals surface area contributed by atoms with Gasteiger partial charge in [-0.2, -0.15) is 0 Å². The second-order valence-electron chi connectivity index (χ2n) is 3.75. The van der Waals surface area contributed by atoms with E-state index in [1.807, 2.05) is 0 Å². The maximum Gasteiger partial charge on any atom is 0.268 e. The van der Waals surface area contributed by atoms with Crippen LogP contribution in [0.5, 0.6) is 0 Å². The van der Waals surface area contributed by atoms with Gasteiger partial charge in [-0.1, -0.05) is 0 Å². The summed E-state index contributed by atoms with van der Waals surface area (Å²) >= 11 is 3.28. The molecule has 0 unspecified atom stereocenters. The largest absolute Gasteiger partial charge is 0.356 e. The number of hydrogen-bond donors (Lipinski definition) is 2. The van der Waals surface area contributed by atoms with Gasteiger partial charge in [0.05, 0.1) is 0 Å². The lowest BCUT2D eigenvalue weighted by Gasteiger charge is -2.09. The van der Waals surface area contributed by atoms with Crippen LogP contribution in [0, 0.1) is 0 Å². The molecule has 0 aliphatic heterocycles. The molecule has 1 heterocycles. The number of carbonyl (C=O) groups is 1. The SMILES string of the molecule is CC1(NC(=O)c2cc(Br)c[nH]2)CC1. The number of carbonyl (C=O) groups excluding carboxylic acids is 1. The van der Waals surface area contributed by atoms with E-state index in [9.17, 15) is 4.79 Å². The van der Waals surface area contributed by atoms with E-state index in [-0.39, 0.29) is 11.4 Å². The van der Waals surface area contributed by atoms with E-state index in [4.69, 9.17) is 0 Å². The average Bonchev–Trinajstić information content (AvgIpc) is 2.62. The molecule has 1 aromatic rings. The number of nitrogens with one attached hydrogen (secondary N) is 2. The van der Waals surface area contributed by atoms with E-state index in [2.05, 4.69) is 33.2 Å². The van der Waals surface area contributed by atoms with Crippen LogP contribution in [-0.2, 0) is 0 Å². The normalized spacial score (nSPS) is 18.3. The molecule has 0 radical (unpaired) electrons. The maximum atomic E-state index is 11.6. The Labute approximate surface area is 85.0 Å². The third-order valence-electron chi connectivity index (χ3n) is 2.31. The van der Waals surface area contributed by atoms with Gasteiger partial charge in [0.1, 0.15) is 5.69 Å². The van der Waals surface area contributed by atoms with Gasteiger partial charge in [0, 0.05) is 16.2 Å². The Morgan fingerprint density at radius 3 is 2.85 bits per heavy atom. The fourth-order valence-corrected chi connectivity index (χ4v) is 1.50. The summed E-state index contributed by atoms with van der Waals surface area (Å²) in [6, 6.07) is 1.78. The highest BCUT2D eigenvalue weighted by atomic mass is 79.9. The second kappa shape index (κ2) is 2.87. The number of H-pyrrole nitrogens is 1. The molecular weight excluding hydrogens is 232 g/mol. The van der Waals surface area contributed by atoms with Gasteiger partial charge < -0.3 is 10.3 Å². The number of aromatic amines is 1. The van der Waals surface area contributed by atoms with Crippen LogP contribution in [0.2, 0.25) is 0 Å². The molecule has 0 spiro atoms. The van der Waals surface area contributed by atoms with Crippen molar-refractivity contribution >= 4 is 21.8 Å². The fraction of sp³-hybridized carbons (Fsp3) is 0.444. The Morgan fingerprint density at radius 2 is 2.38 bits per heavy atom. The van der Waals surface area contributed by atoms with Gasteiger partial charge in [-0.3, -0.25) is 4.79 Å². The van der Waals surface area contributed by atoms with E-state index in [0.717, 1.165) is 17.3 Å². The summed E-state index contributed by atoms with van der Waals surface area (Å²) < 4.78 is 0.901.